The van der Waals surface area contributed by atoms with E-state index in [-0.39, 0.29) is 0 Å². The van der Waals surface area contributed by atoms with E-state index in [9.17, 15) is 4.79 Å². The third-order valence-corrected chi connectivity index (χ3v) is 2.26. The molecule has 1 aromatic rings. The summed E-state index contributed by atoms with van der Waals surface area (Å²) in [6, 6.07) is 0. The van der Waals surface area contributed by atoms with Crippen molar-refractivity contribution >= 4 is 17.6 Å². The van der Waals surface area contributed by atoms with Crippen LogP contribution >= 0.6 is 11.3 Å². The first-order valence-corrected chi connectivity index (χ1v) is 3.71. The fraction of sp³-hybridized carbons (Fsp3) is 0.333. The molecule has 0 aliphatic rings. The molecule has 0 bridgehead atoms. The first kappa shape index (κ1) is 7.37. The van der Waals surface area contributed by atoms with E-state index in [1.165, 1.54) is 11.3 Å². The summed E-state index contributed by atoms with van der Waals surface area (Å²) in [5.74, 6) is 0. The summed E-state index contributed by atoms with van der Waals surface area (Å²) >= 11 is 1.36. The third-order valence-electron chi connectivity index (χ3n) is 1.16. The molecule has 0 radical (unpaired) electrons. The normalized spacial score (nSPS) is 9.80. The van der Waals surface area contributed by atoms with Crippen molar-refractivity contribution in [1.29, 1.82) is 0 Å². The van der Waals surface area contributed by atoms with Gasteiger partial charge in [0, 0.05) is 6.54 Å². The Balaban J connectivity index is 3.03. The van der Waals surface area contributed by atoms with Crippen molar-refractivity contribution in [3.05, 3.63) is 15.6 Å². The Kier molecular flexibility index (Phi) is 2.13. The van der Waals surface area contributed by atoms with Crippen molar-refractivity contribution in [2.75, 3.05) is 0 Å². The summed E-state index contributed by atoms with van der Waals surface area (Å²) in [5, 5.41) is 0.819. The van der Waals surface area contributed by atoms with Crippen molar-refractivity contribution in [1.82, 2.24) is 4.98 Å². The van der Waals surface area contributed by atoms with Crippen LogP contribution < -0.4 is 5.73 Å². The first-order valence-electron chi connectivity index (χ1n) is 2.89. The predicted octanol–water partition coefficient (Wildman–Crippen LogP) is 0.723. The minimum absolute atomic E-state index is 0.416. The highest BCUT2D eigenvalue weighted by atomic mass is 32.1. The van der Waals surface area contributed by atoms with Crippen LogP contribution in [0.15, 0.2) is 0 Å². The Hall–Kier alpha value is -0.740. The number of hydrogen-bond acceptors (Lipinski definition) is 4. The molecule has 0 fully saturated rings. The molecule has 2 N–H and O–H groups in total. The number of carbonyl (C=O) groups excluding carboxylic acids is 1. The highest BCUT2D eigenvalue weighted by molar-refractivity contribution is 7.13. The van der Waals surface area contributed by atoms with Gasteiger partial charge in [-0.25, -0.2) is 4.98 Å². The zero-order valence-electron chi connectivity index (χ0n) is 5.63. The van der Waals surface area contributed by atoms with Crippen LogP contribution in [0.5, 0.6) is 0 Å². The molecule has 54 valence electrons. The zero-order valence-corrected chi connectivity index (χ0v) is 6.44. The van der Waals surface area contributed by atoms with Gasteiger partial charge < -0.3 is 5.73 Å². The molecule has 0 aromatic carbocycles. The molecule has 0 atom stereocenters. The second-order valence-corrected chi connectivity index (χ2v) is 2.99. The molecule has 1 heterocycles. The average molecular weight is 156 g/mol. The predicted molar refractivity (Wildman–Crippen MR) is 40.1 cm³/mol. The quantitative estimate of drug-likeness (QED) is 0.642. The highest BCUT2D eigenvalue weighted by Crippen LogP contribution is 2.14. The largest absolute Gasteiger partial charge is 0.325 e. The fourth-order valence-corrected chi connectivity index (χ4v) is 1.42. The Morgan fingerprint density at radius 2 is 2.50 bits per heavy atom. The van der Waals surface area contributed by atoms with E-state index in [0.29, 0.717) is 11.4 Å². The van der Waals surface area contributed by atoms with Crippen LogP contribution in [0, 0.1) is 6.92 Å². The SMILES string of the molecule is Cc1nc(CN)sc1C=O. The topological polar surface area (TPSA) is 56.0 Å². The van der Waals surface area contributed by atoms with Crippen molar-refractivity contribution in [2.24, 2.45) is 5.73 Å². The van der Waals surface area contributed by atoms with Crippen molar-refractivity contribution in [2.45, 2.75) is 13.5 Å². The Morgan fingerprint density at radius 1 is 1.80 bits per heavy atom. The lowest BCUT2D eigenvalue weighted by molar-refractivity contribution is 0.112. The molecular formula is C6H8N2OS. The highest BCUT2D eigenvalue weighted by Gasteiger charge is 2.03. The average Bonchev–Trinajstić information content (AvgIpc) is 2.30. The number of aldehydes is 1. The van der Waals surface area contributed by atoms with Gasteiger partial charge in [-0.2, -0.15) is 0 Å². The standard InChI is InChI=1S/C6H8N2OS/c1-4-5(3-9)10-6(2-7)8-4/h3H,2,7H2,1H3. The lowest BCUT2D eigenvalue weighted by atomic mass is 10.4. The third kappa shape index (κ3) is 1.22. The van der Waals surface area contributed by atoms with Gasteiger partial charge in [0.1, 0.15) is 5.01 Å². The molecular weight excluding hydrogens is 148 g/mol. The maximum Gasteiger partial charge on any atom is 0.161 e. The summed E-state index contributed by atoms with van der Waals surface area (Å²) in [5.41, 5.74) is 6.10. The Labute approximate surface area is 62.9 Å². The van der Waals surface area contributed by atoms with Gasteiger partial charge in [-0.3, -0.25) is 4.79 Å². The van der Waals surface area contributed by atoms with Gasteiger partial charge in [0.15, 0.2) is 6.29 Å². The Bertz CT molecular complexity index is 244. The number of aryl methyl sites for hydroxylation is 1. The monoisotopic (exact) mass is 156 g/mol. The number of nitrogens with zero attached hydrogens (tertiary/aromatic N) is 1. The molecule has 0 aliphatic carbocycles. The lowest BCUT2D eigenvalue weighted by Crippen LogP contribution is -1.94. The van der Waals surface area contributed by atoms with Crippen molar-refractivity contribution < 1.29 is 4.79 Å². The second-order valence-electron chi connectivity index (χ2n) is 1.88. The molecule has 0 spiro atoms. The molecule has 0 saturated heterocycles. The van der Waals surface area contributed by atoms with E-state index < -0.39 is 0 Å². The lowest BCUT2D eigenvalue weighted by Gasteiger charge is -1.79. The summed E-state index contributed by atoms with van der Waals surface area (Å²) in [7, 11) is 0. The van der Waals surface area contributed by atoms with E-state index >= 15 is 0 Å². The first-order chi connectivity index (χ1) is 4.77. The molecule has 10 heavy (non-hydrogen) atoms. The molecule has 3 nitrogen and oxygen atoms in total. The fourth-order valence-electron chi connectivity index (χ4n) is 0.662. The van der Waals surface area contributed by atoms with Crippen LogP contribution in [0.25, 0.3) is 0 Å². The summed E-state index contributed by atoms with van der Waals surface area (Å²) in [6.07, 6.45) is 0.812. The van der Waals surface area contributed by atoms with E-state index in [2.05, 4.69) is 4.98 Å². The van der Waals surface area contributed by atoms with Gasteiger partial charge >= 0.3 is 0 Å². The van der Waals surface area contributed by atoms with Crippen LogP contribution in [0.4, 0.5) is 0 Å². The van der Waals surface area contributed by atoms with Gasteiger partial charge in [-0.15, -0.1) is 11.3 Å². The van der Waals surface area contributed by atoms with E-state index in [1.807, 2.05) is 0 Å². The zero-order chi connectivity index (χ0) is 7.56. The van der Waals surface area contributed by atoms with E-state index in [0.717, 1.165) is 17.0 Å². The van der Waals surface area contributed by atoms with Gasteiger partial charge in [0.2, 0.25) is 0 Å². The number of rotatable bonds is 2. The van der Waals surface area contributed by atoms with E-state index in [4.69, 9.17) is 5.73 Å². The maximum absolute atomic E-state index is 10.3. The van der Waals surface area contributed by atoms with E-state index in [1.54, 1.807) is 6.92 Å². The summed E-state index contributed by atoms with van der Waals surface area (Å²) < 4.78 is 0. The molecule has 1 rings (SSSR count). The number of aromatic nitrogens is 1. The second kappa shape index (κ2) is 2.90. The summed E-state index contributed by atoms with van der Waals surface area (Å²) in [6.45, 7) is 2.22. The minimum Gasteiger partial charge on any atom is -0.325 e. The van der Waals surface area contributed by atoms with Crippen LogP contribution in [0.3, 0.4) is 0 Å². The van der Waals surface area contributed by atoms with Gasteiger partial charge in [0.05, 0.1) is 10.6 Å². The Morgan fingerprint density at radius 3 is 2.80 bits per heavy atom. The number of thiazole rings is 1. The van der Waals surface area contributed by atoms with Crippen LogP contribution in [-0.2, 0) is 6.54 Å². The van der Waals surface area contributed by atoms with Gasteiger partial charge in [-0.05, 0) is 6.92 Å². The molecule has 0 saturated carbocycles. The molecule has 4 heteroatoms. The van der Waals surface area contributed by atoms with Gasteiger partial charge in [-0.1, -0.05) is 0 Å². The van der Waals surface area contributed by atoms with Crippen molar-refractivity contribution in [3.63, 3.8) is 0 Å². The summed E-state index contributed by atoms with van der Waals surface area (Å²) in [4.78, 5) is 15.0. The number of carbonyl (C=O) groups is 1. The number of nitrogens with two attached hydrogens (primary N) is 1. The van der Waals surface area contributed by atoms with Gasteiger partial charge in [0.25, 0.3) is 0 Å². The number of hydrogen-bond donors (Lipinski definition) is 1. The van der Waals surface area contributed by atoms with Crippen LogP contribution in [0.1, 0.15) is 20.4 Å². The molecule has 1 aromatic heterocycles. The smallest absolute Gasteiger partial charge is 0.161 e. The minimum atomic E-state index is 0.416. The van der Waals surface area contributed by atoms with Crippen LogP contribution in [-0.4, -0.2) is 11.3 Å². The molecule has 0 aliphatic heterocycles. The maximum atomic E-state index is 10.3. The van der Waals surface area contributed by atoms with Crippen LogP contribution in [0.2, 0.25) is 0 Å². The molecule has 0 unspecified atom stereocenters. The van der Waals surface area contributed by atoms with Crippen molar-refractivity contribution in [3.8, 4) is 0 Å². The molecule has 0 amide bonds.